The summed E-state index contributed by atoms with van der Waals surface area (Å²) in [6.07, 6.45) is 5.52. The first-order valence-corrected chi connectivity index (χ1v) is 7.51. The van der Waals surface area contributed by atoms with E-state index in [0.29, 0.717) is 13.0 Å². The summed E-state index contributed by atoms with van der Waals surface area (Å²) < 4.78 is 1.77. The van der Waals surface area contributed by atoms with Crippen molar-refractivity contribution in [2.75, 3.05) is 12.0 Å². The summed E-state index contributed by atoms with van der Waals surface area (Å²) in [7, 11) is 1.88. The third-order valence-corrected chi connectivity index (χ3v) is 3.39. The lowest BCUT2D eigenvalue weighted by molar-refractivity contribution is -0.122. The van der Waals surface area contributed by atoms with Gasteiger partial charge in [-0.15, -0.1) is 0 Å². The SMILES string of the molecule is CCc1nn(C)cc1CNC(=O)[C@@H](N)CCSC. The molecule has 18 heavy (non-hydrogen) atoms. The van der Waals surface area contributed by atoms with E-state index in [-0.39, 0.29) is 5.91 Å². The first-order valence-electron chi connectivity index (χ1n) is 6.12. The van der Waals surface area contributed by atoms with Gasteiger partial charge >= 0.3 is 0 Å². The van der Waals surface area contributed by atoms with E-state index < -0.39 is 6.04 Å². The number of aryl methyl sites for hydroxylation is 2. The van der Waals surface area contributed by atoms with Crippen LogP contribution in [0.2, 0.25) is 0 Å². The van der Waals surface area contributed by atoms with E-state index in [9.17, 15) is 4.79 Å². The van der Waals surface area contributed by atoms with Gasteiger partial charge in [-0.25, -0.2) is 0 Å². The van der Waals surface area contributed by atoms with Crippen molar-refractivity contribution in [3.05, 3.63) is 17.5 Å². The highest BCUT2D eigenvalue weighted by atomic mass is 32.2. The smallest absolute Gasteiger partial charge is 0.237 e. The highest BCUT2D eigenvalue weighted by Gasteiger charge is 2.13. The molecule has 1 amide bonds. The normalized spacial score (nSPS) is 12.4. The standard InChI is InChI=1S/C12H22N4OS/c1-4-11-9(8-16(2)15-11)7-14-12(17)10(13)5-6-18-3/h8,10H,4-7,13H2,1-3H3,(H,14,17)/t10-/m0/s1. The molecule has 0 aliphatic carbocycles. The van der Waals surface area contributed by atoms with Crippen LogP contribution in [0.4, 0.5) is 0 Å². The van der Waals surface area contributed by atoms with Crippen LogP contribution in [-0.2, 0) is 24.8 Å². The Morgan fingerprint density at radius 2 is 2.39 bits per heavy atom. The number of nitrogens with zero attached hydrogens (tertiary/aromatic N) is 2. The third kappa shape index (κ3) is 4.34. The maximum Gasteiger partial charge on any atom is 0.237 e. The molecular formula is C12H22N4OS. The lowest BCUT2D eigenvalue weighted by Gasteiger charge is -2.11. The molecule has 1 heterocycles. The Kier molecular flexibility index (Phi) is 6.21. The first kappa shape index (κ1) is 15.0. The fourth-order valence-corrected chi connectivity index (χ4v) is 2.21. The Morgan fingerprint density at radius 3 is 3.00 bits per heavy atom. The Balaban J connectivity index is 2.46. The van der Waals surface area contributed by atoms with Crippen LogP contribution in [0.15, 0.2) is 6.20 Å². The minimum Gasteiger partial charge on any atom is -0.351 e. The molecule has 1 rings (SSSR count). The number of thioether (sulfide) groups is 1. The largest absolute Gasteiger partial charge is 0.351 e. The van der Waals surface area contributed by atoms with Crippen molar-refractivity contribution in [2.45, 2.75) is 32.4 Å². The molecule has 1 aromatic rings. The van der Waals surface area contributed by atoms with Crippen molar-refractivity contribution in [1.29, 1.82) is 0 Å². The van der Waals surface area contributed by atoms with Crippen molar-refractivity contribution in [3.8, 4) is 0 Å². The Morgan fingerprint density at radius 1 is 1.67 bits per heavy atom. The zero-order chi connectivity index (χ0) is 13.5. The van der Waals surface area contributed by atoms with E-state index in [2.05, 4.69) is 17.3 Å². The van der Waals surface area contributed by atoms with E-state index >= 15 is 0 Å². The molecule has 3 N–H and O–H groups in total. The van der Waals surface area contributed by atoms with Crippen molar-refractivity contribution >= 4 is 17.7 Å². The molecule has 1 aromatic heterocycles. The van der Waals surface area contributed by atoms with E-state index in [1.54, 1.807) is 16.4 Å². The molecule has 6 heteroatoms. The van der Waals surface area contributed by atoms with Gasteiger partial charge in [-0.2, -0.15) is 16.9 Å². The quantitative estimate of drug-likeness (QED) is 0.764. The van der Waals surface area contributed by atoms with Gasteiger partial charge in [0.25, 0.3) is 0 Å². The summed E-state index contributed by atoms with van der Waals surface area (Å²) >= 11 is 1.70. The van der Waals surface area contributed by atoms with Crippen LogP contribution in [0.3, 0.4) is 0 Å². The number of carbonyl (C=O) groups excluding carboxylic acids is 1. The maximum atomic E-state index is 11.8. The lowest BCUT2D eigenvalue weighted by atomic mass is 10.2. The van der Waals surface area contributed by atoms with Crippen LogP contribution in [0.5, 0.6) is 0 Å². The van der Waals surface area contributed by atoms with E-state index in [0.717, 1.165) is 23.4 Å². The summed E-state index contributed by atoms with van der Waals surface area (Å²) in [5.41, 5.74) is 7.88. The van der Waals surface area contributed by atoms with Gasteiger partial charge in [0.2, 0.25) is 5.91 Å². The van der Waals surface area contributed by atoms with Crippen molar-refractivity contribution < 1.29 is 4.79 Å². The minimum absolute atomic E-state index is 0.0880. The molecule has 0 fully saturated rings. The zero-order valence-corrected chi connectivity index (χ0v) is 12.1. The van der Waals surface area contributed by atoms with Gasteiger partial charge in [0.05, 0.1) is 11.7 Å². The molecule has 0 radical (unpaired) electrons. The number of amides is 1. The van der Waals surface area contributed by atoms with Crippen molar-refractivity contribution in [3.63, 3.8) is 0 Å². The second-order valence-electron chi connectivity index (χ2n) is 4.23. The molecule has 0 spiro atoms. The van der Waals surface area contributed by atoms with Gasteiger partial charge in [0.15, 0.2) is 0 Å². The molecule has 0 saturated carbocycles. The number of nitrogens with one attached hydrogen (secondary N) is 1. The number of hydrogen-bond donors (Lipinski definition) is 2. The fraction of sp³-hybridized carbons (Fsp3) is 0.667. The molecule has 0 aliphatic heterocycles. The van der Waals surface area contributed by atoms with Crippen LogP contribution >= 0.6 is 11.8 Å². The number of carbonyl (C=O) groups is 1. The van der Waals surface area contributed by atoms with Crippen molar-refractivity contribution in [1.82, 2.24) is 15.1 Å². The summed E-state index contributed by atoms with van der Waals surface area (Å²) in [4.78, 5) is 11.8. The maximum absolute atomic E-state index is 11.8. The lowest BCUT2D eigenvalue weighted by Crippen LogP contribution is -2.40. The predicted octanol–water partition coefficient (Wildman–Crippen LogP) is 0.679. The van der Waals surface area contributed by atoms with Crippen LogP contribution in [0.25, 0.3) is 0 Å². The second-order valence-corrected chi connectivity index (χ2v) is 5.22. The predicted molar refractivity (Wildman–Crippen MR) is 75.4 cm³/mol. The van der Waals surface area contributed by atoms with Gasteiger partial charge < -0.3 is 11.1 Å². The number of aromatic nitrogens is 2. The Hall–Kier alpha value is -1.01. The summed E-state index contributed by atoms with van der Waals surface area (Å²) in [5.74, 6) is 0.816. The van der Waals surface area contributed by atoms with E-state index in [4.69, 9.17) is 5.73 Å². The highest BCUT2D eigenvalue weighted by molar-refractivity contribution is 7.98. The monoisotopic (exact) mass is 270 g/mol. The fourth-order valence-electron chi connectivity index (χ4n) is 1.72. The van der Waals surface area contributed by atoms with Crippen LogP contribution in [-0.4, -0.2) is 33.7 Å². The molecule has 0 saturated heterocycles. The molecule has 5 nitrogen and oxygen atoms in total. The number of hydrogen-bond acceptors (Lipinski definition) is 4. The third-order valence-electron chi connectivity index (χ3n) is 2.75. The molecular weight excluding hydrogens is 248 g/mol. The van der Waals surface area contributed by atoms with Crippen LogP contribution < -0.4 is 11.1 Å². The van der Waals surface area contributed by atoms with Gasteiger partial charge in [-0.3, -0.25) is 9.48 Å². The first-order chi connectivity index (χ1) is 8.58. The molecule has 0 bridgehead atoms. The summed E-state index contributed by atoms with van der Waals surface area (Å²) in [6.45, 7) is 2.56. The van der Waals surface area contributed by atoms with Gasteiger partial charge in [-0.1, -0.05) is 6.92 Å². The van der Waals surface area contributed by atoms with Gasteiger partial charge in [-0.05, 0) is 24.9 Å². The average Bonchev–Trinajstić information content (AvgIpc) is 2.73. The van der Waals surface area contributed by atoms with Gasteiger partial charge in [0, 0.05) is 25.4 Å². The van der Waals surface area contributed by atoms with E-state index in [1.807, 2.05) is 19.5 Å². The molecule has 1 atom stereocenters. The topological polar surface area (TPSA) is 72.9 Å². The molecule has 0 aromatic carbocycles. The highest BCUT2D eigenvalue weighted by Crippen LogP contribution is 2.07. The van der Waals surface area contributed by atoms with E-state index in [1.165, 1.54) is 0 Å². The van der Waals surface area contributed by atoms with Crippen LogP contribution in [0, 0.1) is 0 Å². The summed E-state index contributed by atoms with van der Waals surface area (Å²) in [5, 5.41) is 7.20. The summed E-state index contributed by atoms with van der Waals surface area (Å²) in [6, 6.07) is -0.417. The molecule has 0 aliphatic rings. The van der Waals surface area contributed by atoms with Gasteiger partial charge in [0.1, 0.15) is 0 Å². The Bertz CT molecular complexity index is 391. The number of rotatable bonds is 7. The Labute approximate surface area is 112 Å². The molecule has 102 valence electrons. The van der Waals surface area contributed by atoms with Crippen LogP contribution in [0.1, 0.15) is 24.6 Å². The average molecular weight is 270 g/mol. The number of nitrogens with two attached hydrogens (primary N) is 1. The molecule has 0 unspecified atom stereocenters. The zero-order valence-electron chi connectivity index (χ0n) is 11.3. The minimum atomic E-state index is -0.417. The van der Waals surface area contributed by atoms with Crippen molar-refractivity contribution in [2.24, 2.45) is 12.8 Å². The second kappa shape index (κ2) is 7.43.